The molecular weight excluding hydrogens is 208 g/mol. The third-order valence-electron chi connectivity index (χ3n) is 1.88. The summed E-state index contributed by atoms with van der Waals surface area (Å²) in [7, 11) is 1.71. The van der Waals surface area contributed by atoms with Crippen LogP contribution < -0.4 is 0 Å². The van der Waals surface area contributed by atoms with Gasteiger partial charge in [0.2, 0.25) is 0 Å². The van der Waals surface area contributed by atoms with Crippen molar-refractivity contribution in [3.63, 3.8) is 0 Å². The summed E-state index contributed by atoms with van der Waals surface area (Å²) in [6.07, 6.45) is 0.979. The minimum absolute atomic E-state index is 0.784. The Labute approximate surface area is 96.0 Å². The van der Waals surface area contributed by atoms with Crippen molar-refractivity contribution in [2.24, 2.45) is 0 Å². The maximum absolute atomic E-state index is 5.46. The minimum Gasteiger partial charge on any atom is -0.385 e. The predicted octanol–water partition coefficient (Wildman–Crippen LogP) is 2.83. The molecule has 3 heteroatoms. The maximum Gasteiger partial charge on any atom is 0.0560 e. The van der Waals surface area contributed by atoms with Gasteiger partial charge >= 0.3 is 0 Å². The molecule has 0 radical (unpaired) electrons. The fraction of sp³-hybridized carbons (Fsp3) is 0.500. The Balaban J connectivity index is 1.93. The molecule has 2 nitrogen and oxygen atoms in total. The lowest BCUT2D eigenvalue weighted by molar-refractivity contribution is 0.113. The van der Waals surface area contributed by atoms with Crippen molar-refractivity contribution in [3.05, 3.63) is 30.3 Å². The van der Waals surface area contributed by atoms with Gasteiger partial charge in [0.25, 0.3) is 0 Å². The standard InChI is InChI=1S/C12H18O2S/c1-13-8-5-9-14-10-11-15-12-6-3-2-4-7-12/h2-4,6-7H,5,8-11H2,1H3. The molecule has 0 aliphatic carbocycles. The molecule has 0 atom stereocenters. The highest BCUT2D eigenvalue weighted by atomic mass is 32.2. The van der Waals surface area contributed by atoms with Crippen LogP contribution in [-0.2, 0) is 9.47 Å². The van der Waals surface area contributed by atoms with Gasteiger partial charge in [-0.3, -0.25) is 0 Å². The molecule has 0 aliphatic rings. The Morgan fingerprint density at radius 3 is 2.60 bits per heavy atom. The third kappa shape index (κ3) is 6.55. The summed E-state index contributed by atoms with van der Waals surface area (Å²) in [6.45, 7) is 2.39. The molecule has 84 valence electrons. The number of ether oxygens (including phenoxy) is 2. The molecule has 0 saturated carbocycles. The van der Waals surface area contributed by atoms with E-state index < -0.39 is 0 Å². The molecule has 0 amide bonds. The molecule has 1 aromatic carbocycles. The van der Waals surface area contributed by atoms with Crippen LogP contribution in [-0.4, -0.2) is 32.7 Å². The van der Waals surface area contributed by atoms with Crippen molar-refractivity contribution in [1.82, 2.24) is 0 Å². The van der Waals surface area contributed by atoms with E-state index in [-0.39, 0.29) is 0 Å². The average molecular weight is 226 g/mol. The van der Waals surface area contributed by atoms with Gasteiger partial charge in [0.1, 0.15) is 0 Å². The van der Waals surface area contributed by atoms with E-state index in [1.807, 2.05) is 17.8 Å². The van der Waals surface area contributed by atoms with E-state index in [0.29, 0.717) is 0 Å². The van der Waals surface area contributed by atoms with E-state index in [4.69, 9.17) is 9.47 Å². The van der Waals surface area contributed by atoms with Crippen LogP contribution in [0.2, 0.25) is 0 Å². The van der Waals surface area contributed by atoms with Crippen LogP contribution in [0.4, 0.5) is 0 Å². The minimum atomic E-state index is 0.784. The number of benzene rings is 1. The highest BCUT2D eigenvalue weighted by Crippen LogP contribution is 2.16. The second-order valence-corrected chi connectivity index (χ2v) is 4.29. The lowest BCUT2D eigenvalue weighted by atomic mass is 10.4. The number of hydrogen-bond acceptors (Lipinski definition) is 3. The van der Waals surface area contributed by atoms with Crippen LogP contribution in [0.15, 0.2) is 35.2 Å². The molecule has 1 rings (SSSR count). The van der Waals surface area contributed by atoms with Crippen molar-refractivity contribution in [2.45, 2.75) is 11.3 Å². The molecule has 0 aromatic heterocycles. The van der Waals surface area contributed by atoms with Gasteiger partial charge in [0.05, 0.1) is 6.61 Å². The molecule has 15 heavy (non-hydrogen) atoms. The summed E-state index contributed by atoms with van der Waals surface area (Å²) < 4.78 is 10.4. The molecule has 1 aromatic rings. The van der Waals surface area contributed by atoms with E-state index in [1.54, 1.807) is 7.11 Å². The number of methoxy groups -OCH3 is 1. The van der Waals surface area contributed by atoms with Crippen LogP contribution in [0.1, 0.15) is 6.42 Å². The molecule has 0 N–H and O–H groups in total. The number of thioether (sulfide) groups is 1. The maximum atomic E-state index is 5.46. The van der Waals surface area contributed by atoms with Crippen molar-refractivity contribution in [3.8, 4) is 0 Å². The Kier molecular flexibility index (Phi) is 7.34. The van der Waals surface area contributed by atoms with Crippen molar-refractivity contribution in [2.75, 3.05) is 32.7 Å². The summed E-state index contributed by atoms with van der Waals surface area (Å²) in [5, 5.41) is 0. The van der Waals surface area contributed by atoms with Gasteiger partial charge in [-0.1, -0.05) is 18.2 Å². The second kappa shape index (κ2) is 8.77. The average Bonchev–Trinajstić information content (AvgIpc) is 2.29. The van der Waals surface area contributed by atoms with E-state index >= 15 is 0 Å². The summed E-state index contributed by atoms with van der Waals surface area (Å²) in [4.78, 5) is 1.30. The second-order valence-electron chi connectivity index (χ2n) is 3.12. The highest BCUT2D eigenvalue weighted by molar-refractivity contribution is 7.99. The van der Waals surface area contributed by atoms with E-state index in [1.165, 1.54) is 4.90 Å². The van der Waals surface area contributed by atoms with Gasteiger partial charge in [-0.15, -0.1) is 11.8 Å². The molecule has 0 bridgehead atoms. The highest BCUT2D eigenvalue weighted by Gasteiger charge is 1.92. The first-order valence-electron chi connectivity index (χ1n) is 5.18. The van der Waals surface area contributed by atoms with Gasteiger partial charge in [-0.05, 0) is 18.6 Å². The molecule has 0 spiro atoms. The van der Waals surface area contributed by atoms with E-state index in [9.17, 15) is 0 Å². The quantitative estimate of drug-likeness (QED) is 0.501. The molecule has 0 fully saturated rings. The Hall–Kier alpha value is -0.510. The summed E-state index contributed by atoms with van der Waals surface area (Å²) >= 11 is 1.83. The predicted molar refractivity (Wildman–Crippen MR) is 64.5 cm³/mol. The van der Waals surface area contributed by atoms with Gasteiger partial charge in [-0.25, -0.2) is 0 Å². The molecule has 0 saturated heterocycles. The van der Waals surface area contributed by atoms with Crippen LogP contribution in [0.5, 0.6) is 0 Å². The van der Waals surface area contributed by atoms with Crippen LogP contribution in [0.3, 0.4) is 0 Å². The Morgan fingerprint density at radius 2 is 1.87 bits per heavy atom. The zero-order valence-electron chi connectivity index (χ0n) is 9.15. The zero-order chi connectivity index (χ0) is 10.8. The SMILES string of the molecule is COCCCOCCSc1ccccc1. The summed E-state index contributed by atoms with van der Waals surface area (Å²) in [6, 6.07) is 10.4. The van der Waals surface area contributed by atoms with Gasteiger partial charge in [0, 0.05) is 31.0 Å². The van der Waals surface area contributed by atoms with Crippen molar-refractivity contribution in [1.29, 1.82) is 0 Å². The molecule has 0 heterocycles. The lowest BCUT2D eigenvalue weighted by Gasteiger charge is -2.03. The number of rotatable bonds is 8. The normalized spacial score (nSPS) is 10.5. The largest absolute Gasteiger partial charge is 0.385 e. The fourth-order valence-corrected chi connectivity index (χ4v) is 1.93. The topological polar surface area (TPSA) is 18.5 Å². The van der Waals surface area contributed by atoms with Crippen LogP contribution >= 0.6 is 11.8 Å². The monoisotopic (exact) mass is 226 g/mol. The van der Waals surface area contributed by atoms with Crippen molar-refractivity contribution < 1.29 is 9.47 Å². The first-order valence-corrected chi connectivity index (χ1v) is 6.16. The van der Waals surface area contributed by atoms with Gasteiger partial charge < -0.3 is 9.47 Å². The Bertz CT molecular complexity index is 239. The smallest absolute Gasteiger partial charge is 0.0560 e. The summed E-state index contributed by atoms with van der Waals surface area (Å²) in [5.74, 6) is 1.01. The first-order chi connectivity index (χ1) is 7.43. The fourth-order valence-electron chi connectivity index (χ4n) is 1.14. The Morgan fingerprint density at radius 1 is 1.07 bits per heavy atom. The third-order valence-corrected chi connectivity index (χ3v) is 2.85. The zero-order valence-corrected chi connectivity index (χ0v) is 9.96. The van der Waals surface area contributed by atoms with Gasteiger partial charge in [0.15, 0.2) is 0 Å². The van der Waals surface area contributed by atoms with Crippen molar-refractivity contribution >= 4 is 11.8 Å². The van der Waals surface area contributed by atoms with Crippen LogP contribution in [0, 0.1) is 0 Å². The molecular formula is C12H18O2S. The van der Waals surface area contributed by atoms with E-state index in [2.05, 4.69) is 24.3 Å². The summed E-state index contributed by atoms with van der Waals surface area (Å²) in [5.41, 5.74) is 0. The van der Waals surface area contributed by atoms with E-state index in [0.717, 1.165) is 32.0 Å². The molecule has 0 aliphatic heterocycles. The van der Waals surface area contributed by atoms with Gasteiger partial charge in [-0.2, -0.15) is 0 Å². The van der Waals surface area contributed by atoms with Crippen LogP contribution in [0.25, 0.3) is 0 Å². The lowest BCUT2D eigenvalue weighted by Crippen LogP contribution is -2.01. The number of hydrogen-bond donors (Lipinski definition) is 0. The molecule has 0 unspecified atom stereocenters. The first kappa shape index (κ1) is 12.6.